The summed E-state index contributed by atoms with van der Waals surface area (Å²) in [6.45, 7) is 14.8. The minimum absolute atomic E-state index is 0.0897. The van der Waals surface area contributed by atoms with Crippen molar-refractivity contribution in [2.75, 3.05) is 6.61 Å². The second-order valence-corrected chi connectivity index (χ2v) is 12.7. The molecule has 0 atom stereocenters. The third kappa shape index (κ3) is 5.70. The number of rotatable bonds is 7. The summed E-state index contributed by atoms with van der Waals surface area (Å²) in [4.78, 5) is 25.1. The molecule has 0 unspecified atom stereocenters. The molecule has 0 spiro atoms. The van der Waals surface area contributed by atoms with Crippen molar-refractivity contribution in [1.29, 1.82) is 0 Å². The Kier molecular flexibility index (Phi) is 7.41. The molecule has 1 aromatic rings. The molecule has 0 N–H and O–H groups in total. The molecule has 140 valence electrons. The average molecular weight is 365 g/mol. The first-order valence-electron chi connectivity index (χ1n) is 9.03. The number of hydrogen-bond donors (Lipinski definition) is 0. The van der Waals surface area contributed by atoms with Crippen LogP contribution in [0.2, 0.25) is 18.1 Å². The summed E-state index contributed by atoms with van der Waals surface area (Å²) in [5.41, 5.74) is 0.555. The maximum atomic E-state index is 12.7. The van der Waals surface area contributed by atoms with E-state index in [0.717, 1.165) is 12.8 Å². The maximum absolute atomic E-state index is 12.7. The van der Waals surface area contributed by atoms with E-state index in [4.69, 9.17) is 9.16 Å². The predicted molar refractivity (Wildman–Crippen MR) is 103 cm³/mol. The zero-order valence-electron chi connectivity index (χ0n) is 16.6. The first-order chi connectivity index (χ1) is 11.5. The molecule has 4 nitrogen and oxygen atoms in total. The molecule has 0 heterocycles. The standard InChI is InChI=1S/C20H32O4Si/c1-8-15(9-2)14-23-18(21)16-12-10-11-13-17(16)19(22)24-25(6,7)20(3,4)5/h10-13,15H,8-9,14H2,1-7H3. The Morgan fingerprint density at radius 1 is 1.00 bits per heavy atom. The number of esters is 1. The molecule has 0 amide bonds. The van der Waals surface area contributed by atoms with E-state index in [1.54, 1.807) is 24.3 Å². The number of hydrogen-bond acceptors (Lipinski definition) is 4. The third-order valence-corrected chi connectivity index (χ3v) is 9.43. The highest BCUT2D eigenvalue weighted by atomic mass is 28.4. The van der Waals surface area contributed by atoms with E-state index in [1.807, 2.05) is 13.1 Å². The largest absolute Gasteiger partial charge is 0.516 e. The molecular weight excluding hydrogens is 332 g/mol. The molecule has 0 aliphatic rings. The molecule has 0 saturated heterocycles. The van der Waals surface area contributed by atoms with Crippen molar-refractivity contribution < 1.29 is 18.8 Å². The van der Waals surface area contributed by atoms with Crippen LogP contribution in [-0.4, -0.2) is 26.9 Å². The summed E-state index contributed by atoms with van der Waals surface area (Å²) < 4.78 is 11.3. The summed E-state index contributed by atoms with van der Waals surface area (Å²) in [5, 5.41) is -0.0897. The van der Waals surface area contributed by atoms with E-state index in [2.05, 4.69) is 34.6 Å². The first-order valence-corrected chi connectivity index (χ1v) is 11.9. The Morgan fingerprint density at radius 3 is 1.92 bits per heavy atom. The molecule has 25 heavy (non-hydrogen) atoms. The summed E-state index contributed by atoms with van der Waals surface area (Å²) in [6, 6.07) is 6.72. The van der Waals surface area contributed by atoms with E-state index >= 15 is 0 Å². The Hall–Kier alpha value is -1.62. The van der Waals surface area contributed by atoms with Crippen LogP contribution in [0.1, 0.15) is 68.2 Å². The lowest BCUT2D eigenvalue weighted by Gasteiger charge is -2.35. The average Bonchev–Trinajstić information content (AvgIpc) is 2.54. The summed E-state index contributed by atoms with van der Waals surface area (Å²) in [6.07, 6.45) is 1.91. The lowest BCUT2D eigenvalue weighted by atomic mass is 10.1. The molecule has 1 aromatic carbocycles. The van der Waals surface area contributed by atoms with Gasteiger partial charge >= 0.3 is 11.9 Å². The third-order valence-electron chi connectivity index (χ3n) is 5.13. The van der Waals surface area contributed by atoms with Gasteiger partial charge in [-0.3, -0.25) is 0 Å². The molecule has 0 aliphatic heterocycles. The van der Waals surface area contributed by atoms with Crippen molar-refractivity contribution in [3.63, 3.8) is 0 Å². The smallest absolute Gasteiger partial charge is 0.339 e. The summed E-state index contributed by atoms with van der Waals surface area (Å²) >= 11 is 0. The number of carbonyl (C=O) groups is 2. The van der Waals surface area contributed by atoms with Crippen molar-refractivity contribution in [2.24, 2.45) is 5.92 Å². The lowest BCUT2D eigenvalue weighted by molar-refractivity contribution is 0.0426. The van der Waals surface area contributed by atoms with E-state index in [9.17, 15) is 9.59 Å². The van der Waals surface area contributed by atoms with Crippen molar-refractivity contribution in [3.05, 3.63) is 35.4 Å². The molecule has 0 aromatic heterocycles. The number of ether oxygens (including phenoxy) is 1. The SMILES string of the molecule is CCC(CC)COC(=O)c1ccccc1C(=O)O[Si](C)(C)C(C)(C)C. The number of carbonyl (C=O) groups excluding carboxylic acids is 2. The van der Waals surface area contributed by atoms with Gasteiger partial charge in [-0.1, -0.05) is 59.6 Å². The van der Waals surface area contributed by atoms with Gasteiger partial charge in [-0.15, -0.1) is 0 Å². The molecule has 0 fully saturated rings. The van der Waals surface area contributed by atoms with Crippen LogP contribution in [0.3, 0.4) is 0 Å². The van der Waals surface area contributed by atoms with Crippen LogP contribution in [0.25, 0.3) is 0 Å². The topological polar surface area (TPSA) is 52.6 Å². The zero-order chi connectivity index (χ0) is 19.3. The molecule has 0 saturated carbocycles. The van der Waals surface area contributed by atoms with Gasteiger partial charge < -0.3 is 9.16 Å². The normalized spacial score (nSPS) is 12.2. The van der Waals surface area contributed by atoms with Crippen molar-refractivity contribution in [1.82, 2.24) is 0 Å². The zero-order valence-corrected chi connectivity index (χ0v) is 17.6. The fraction of sp³-hybridized carbons (Fsp3) is 0.600. The molecule has 1 rings (SSSR count). The van der Waals surface area contributed by atoms with Crippen molar-refractivity contribution in [2.45, 2.75) is 65.6 Å². The van der Waals surface area contributed by atoms with Gasteiger partial charge in [-0.25, -0.2) is 9.59 Å². The van der Waals surface area contributed by atoms with E-state index in [1.165, 1.54) is 0 Å². The summed E-state index contributed by atoms with van der Waals surface area (Å²) in [5.74, 6) is -0.563. The van der Waals surface area contributed by atoms with Gasteiger partial charge in [0.2, 0.25) is 0 Å². The van der Waals surface area contributed by atoms with Crippen molar-refractivity contribution in [3.8, 4) is 0 Å². The summed E-state index contributed by atoms with van der Waals surface area (Å²) in [7, 11) is -2.26. The highest BCUT2D eigenvalue weighted by Gasteiger charge is 2.41. The molecule has 0 bridgehead atoms. The van der Waals surface area contributed by atoms with Crippen LogP contribution in [0.4, 0.5) is 0 Å². The van der Waals surface area contributed by atoms with Crippen molar-refractivity contribution >= 4 is 20.3 Å². The van der Waals surface area contributed by atoms with E-state index in [-0.39, 0.29) is 16.2 Å². The lowest BCUT2D eigenvalue weighted by Crippen LogP contribution is -2.42. The van der Waals surface area contributed by atoms with Crippen LogP contribution in [0, 0.1) is 5.92 Å². The Bertz CT molecular complexity index is 598. The van der Waals surface area contributed by atoms with Crippen LogP contribution in [0.5, 0.6) is 0 Å². The van der Waals surface area contributed by atoms with E-state index in [0.29, 0.717) is 12.5 Å². The monoisotopic (exact) mass is 364 g/mol. The van der Waals surface area contributed by atoms with Gasteiger partial charge in [0.05, 0.1) is 17.7 Å². The van der Waals surface area contributed by atoms with Gasteiger partial charge in [0.15, 0.2) is 0 Å². The number of benzene rings is 1. The minimum Gasteiger partial charge on any atom is -0.516 e. The Morgan fingerprint density at radius 2 is 1.48 bits per heavy atom. The van der Waals surface area contributed by atoms with Crippen LogP contribution >= 0.6 is 0 Å². The Balaban J connectivity index is 2.96. The van der Waals surface area contributed by atoms with Gasteiger partial charge in [-0.2, -0.15) is 0 Å². The second kappa shape index (κ2) is 8.65. The van der Waals surface area contributed by atoms with Crippen LogP contribution in [-0.2, 0) is 9.16 Å². The fourth-order valence-electron chi connectivity index (χ4n) is 2.07. The maximum Gasteiger partial charge on any atom is 0.339 e. The quantitative estimate of drug-likeness (QED) is 0.477. The van der Waals surface area contributed by atoms with E-state index < -0.39 is 20.3 Å². The van der Waals surface area contributed by atoms with Gasteiger partial charge in [0.25, 0.3) is 8.32 Å². The molecular formula is C20H32O4Si. The molecule has 0 radical (unpaired) electrons. The van der Waals surface area contributed by atoms with Gasteiger partial charge in [-0.05, 0) is 36.2 Å². The molecule has 0 aliphatic carbocycles. The second-order valence-electron chi connectivity index (χ2n) is 7.98. The fourth-order valence-corrected chi connectivity index (χ4v) is 2.95. The minimum atomic E-state index is -2.26. The Labute approximate surface area is 153 Å². The van der Waals surface area contributed by atoms with Gasteiger partial charge in [0.1, 0.15) is 0 Å². The van der Waals surface area contributed by atoms with Crippen LogP contribution < -0.4 is 0 Å². The highest BCUT2D eigenvalue weighted by molar-refractivity contribution is 6.75. The van der Waals surface area contributed by atoms with Gasteiger partial charge in [0, 0.05) is 0 Å². The first kappa shape index (κ1) is 21.4. The predicted octanol–water partition coefficient (Wildman–Crippen LogP) is 5.44. The molecule has 5 heteroatoms. The highest BCUT2D eigenvalue weighted by Crippen LogP contribution is 2.37. The van der Waals surface area contributed by atoms with Crippen LogP contribution in [0.15, 0.2) is 24.3 Å².